The van der Waals surface area contributed by atoms with E-state index in [9.17, 15) is 12.8 Å². The van der Waals surface area contributed by atoms with Crippen LogP contribution in [0.15, 0.2) is 52.7 Å². The zero-order valence-electron chi connectivity index (χ0n) is 14.1. The fraction of sp³-hybridized carbons (Fsp3) is 0.111. The molecule has 0 atom stereocenters. The number of hydrogen-bond acceptors (Lipinski definition) is 5. The van der Waals surface area contributed by atoms with Crippen molar-refractivity contribution in [3.63, 3.8) is 0 Å². The average Bonchev–Trinajstić information content (AvgIpc) is 3.06. The Balaban J connectivity index is 2.10. The van der Waals surface area contributed by atoms with Gasteiger partial charge in [0, 0.05) is 5.38 Å². The molecule has 0 aliphatic heterocycles. The average molecular weight is 422 g/mol. The summed E-state index contributed by atoms with van der Waals surface area (Å²) in [5.74, 6) is -0.473. The SMILES string of the molecule is Cc1nc(CN(c2ccc(F)cc2)S(=O)(=O)c2ccc(Cl)c(C#N)c2)cs1. The molecule has 1 aromatic heterocycles. The van der Waals surface area contributed by atoms with Gasteiger partial charge in [0.2, 0.25) is 0 Å². The van der Waals surface area contributed by atoms with Gasteiger partial charge in [-0.25, -0.2) is 17.8 Å². The lowest BCUT2D eigenvalue weighted by molar-refractivity contribution is 0.589. The second-order valence-corrected chi connectivity index (χ2v) is 8.93. The second kappa shape index (κ2) is 7.64. The molecule has 0 aliphatic rings. The van der Waals surface area contributed by atoms with Crippen LogP contribution in [-0.4, -0.2) is 13.4 Å². The van der Waals surface area contributed by atoms with E-state index in [2.05, 4.69) is 4.98 Å². The molecule has 0 unspecified atom stereocenters. The van der Waals surface area contributed by atoms with Crippen LogP contribution in [0.1, 0.15) is 16.3 Å². The van der Waals surface area contributed by atoms with E-state index in [4.69, 9.17) is 16.9 Å². The molecule has 9 heteroatoms. The Kier molecular flexibility index (Phi) is 5.46. The normalized spacial score (nSPS) is 11.2. The van der Waals surface area contributed by atoms with Crippen molar-refractivity contribution in [2.45, 2.75) is 18.4 Å². The van der Waals surface area contributed by atoms with Gasteiger partial charge in [0.15, 0.2) is 0 Å². The molecule has 0 aliphatic carbocycles. The summed E-state index contributed by atoms with van der Waals surface area (Å²) in [5, 5.41) is 11.9. The summed E-state index contributed by atoms with van der Waals surface area (Å²) in [7, 11) is -4.04. The first kappa shape index (κ1) is 19.3. The Morgan fingerprint density at radius 3 is 2.56 bits per heavy atom. The zero-order valence-corrected chi connectivity index (χ0v) is 16.4. The third-order valence-electron chi connectivity index (χ3n) is 3.73. The highest BCUT2D eigenvalue weighted by Crippen LogP contribution is 2.28. The van der Waals surface area contributed by atoms with Crippen molar-refractivity contribution in [2.24, 2.45) is 0 Å². The van der Waals surface area contributed by atoms with Crippen LogP contribution in [0.25, 0.3) is 0 Å². The Morgan fingerprint density at radius 1 is 1.26 bits per heavy atom. The number of sulfonamides is 1. The third kappa shape index (κ3) is 4.11. The van der Waals surface area contributed by atoms with Crippen molar-refractivity contribution in [1.29, 1.82) is 5.26 Å². The number of anilines is 1. The molecule has 0 saturated heterocycles. The summed E-state index contributed by atoms with van der Waals surface area (Å²) >= 11 is 7.32. The number of thiazole rings is 1. The summed E-state index contributed by atoms with van der Waals surface area (Å²) in [4.78, 5) is 4.23. The van der Waals surface area contributed by atoms with Crippen LogP contribution in [0.5, 0.6) is 0 Å². The summed E-state index contributed by atoms with van der Waals surface area (Å²) < 4.78 is 41.0. The van der Waals surface area contributed by atoms with E-state index in [0.29, 0.717) is 5.69 Å². The van der Waals surface area contributed by atoms with Crippen molar-refractivity contribution in [2.75, 3.05) is 4.31 Å². The number of aryl methyl sites for hydroxylation is 1. The predicted molar refractivity (Wildman–Crippen MR) is 103 cm³/mol. The fourth-order valence-electron chi connectivity index (χ4n) is 2.43. The van der Waals surface area contributed by atoms with Crippen molar-refractivity contribution in [3.8, 4) is 6.07 Å². The zero-order chi connectivity index (χ0) is 19.6. The van der Waals surface area contributed by atoms with Crippen LogP contribution in [0.4, 0.5) is 10.1 Å². The number of rotatable bonds is 5. The van der Waals surface area contributed by atoms with Gasteiger partial charge in [-0.15, -0.1) is 11.3 Å². The minimum absolute atomic E-state index is 0.0250. The third-order valence-corrected chi connectivity index (χ3v) is 6.65. The summed E-state index contributed by atoms with van der Waals surface area (Å²) in [6.45, 7) is 1.80. The summed E-state index contributed by atoms with van der Waals surface area (Å²) in [5.41, 5.74) is 0.914. The minimum atomic E-state index is -4.04. The molecule has 3 rings (SSSR count). The molecule has 2 aromatic carbocycles. The number of nitriles is 1. The molecule has 138 valence electrons. The lowest BCUT2D eigenvalue weighted by Gasteiger charge is -2.24. The Hall–Kier alpha value is -2.47. The molecule has 27 heavy (non-hydrogen) atoms. The van der Waals surface area contributed by atoms with Crippen LogP contribution < -0.4 is 4.31 Å². The van der Waals surface area contributed by atoms with Gasteiger partial charge < -0.3 is 0 Å². The van der Waals surface area contributed by atoms with E-state index < -0.39 is 15.8 Å². The van der Waals surface area contributed by atoms with E-state index in [0.717, 1.165) is 9.31 Å². The molecular formula is C18H13ClFN3O2S2. The fourth-order valence-corrected chi connectivity index (χ4v) is 4.65. The highest BCUT2D eigenvalue weighted by atomic mass is 35.5. The van der Waals surface area contributed by atoms with Crippen molar-refractivity contribution in [1.82, 2.24) is 4.98 Å². The lowest BCUT2D eigenvalue weighted by Crippen LogP contribution is -2.30. The smallest absolute Gasteiger partial charge is 0.260 e. The molecule has 0 N–H and O–H groups in total. The Labute approximate surface area is 165 Å². The first-order valence-corrected chi connectivity index (χ1v) is 10.4. The van der Waals surface area contributed by atoms with Gasteiger partial charge >= 0.3 is 0 Å². The van der Waals surface area contributed by atoms with E-state index in [-0.39, 0.29) is 27.7 Å². The maximum atomic E-state index is 13.3. The quantitative estimate of drug-likeness (QED) is 0.607. The monoisotopic (exact) mass is 421 g/mol. The van der Waals surface area contributed by atoms with Gasteiger partial charge in [-0.3, -0.25) is 4.31 Å². The number of benzene rings is 2. The molecule has 3 aromatic rings. The van der Waals surface area contributed by atoms with Crippen LogP contribution >= 0.6 is 22.9 Å². The highest BCUT2D eigenvalue weighted by Gasteiger charge is 2.27. The summed E-state index contributed by atoms with van der Waals surface area (Å²) in [6, 6.07) is 10.9. The minimum Gasteiger partial charge on any atom is -0.260 e. The van der Waals surface area contributed by atoms with Crippen LogP contribution in [0, 0.1) is 24.1 Å². The van der Waals surface area contributed by atoms with Crippen molar-refractivity contribution >= 4 is 38.6 Å². The van der Waals surface area contributed by atoms with Crippen LogP contribution in [0.3, 0.4) is 0 Å². The molecule has 0 bridgehead atoms. The van der Waals surface area contributed by atoms with Gasteiger partial charge in [-0.05, 0) is 49.4 Å². The van der Waals surface area contributed by atoms with Gasteiger partial charge in [0.1, 0.15) is 11.9 Å². The van der Waals surface area contributed by atoms with Gasteiger partial charge in [0.25, 0.3) is 10.0 Å². The Morgan fingerprint density at radius 2 is 1.96 bits per heavy atom. The maximum Gasteiger partial charge on any atom is 0.264 e. The van der Waals surface area contributed by atoms with Gasteiger partial charge in [-0.2, -0.15) is 5.26 Å². The van der Waals surface area contributed by atoms with Crippen molar-refractivity contribution in [3.05, 3.63) is 74.9 Å². The standard InChI is InChI=1S/C18H13ClFN3O2S2/c1-12-22-15(11-26-12)10-23(16-4-2-14(20)3-5-16)27(24,25)17-6-7-18(19)13(8-17)9-21/h2-8,11H,10H2,1H3. The first-order valence-electron chi connectivity index (χ1n) is 7.70. The number of hydrogen-bond donors (Lipinski definition) is 0. The first-order chi connectivity index (χ1) is 12.8. The highest BCUT2D eigenvalue weighted by molar-refractivity contribution is 7.92. The lowest BCUT2D eigenvalue weighted by atomic mass is 10.2. The van der Waals surface area contributed by atoms with Crippen LogP contribution in [-0.2, 0) is 16.6 Å². The van der Waals surface area contributed by atoms with Crippen molar-refractivity contribution < 1.29 is 12.8 Å². The number of nitrogens with zero attached hydrogens (tertiary/aromatic N) is 3. The largest absolute Gasteiger partial charge is 0.264 e. The van der Waals surface area contributed by atoms with Gasteiger partial charge in [-0.1, -0.05) is 11.6 Å². The topological polar surface area (TPSA) is 74.1 Å². The molecule has 0 saturated carbocycles. The number of aromatic nitrogens is 1. The Bertz CT molecular complexity index is 1120. The van der Waals surface area contributed by atoms with E-state index in [1.165, 1.54) is 53.8 Å². The molecule has 0 fully saturated rings. The molecule has 5 nitrogen and oxygen atoms in total. The molecule has 0 amide bonds. The summed E-state index contributed by atoms with van der Waals surface area (Å²) in [6.07, 6.45) is 0. The van der Waals surface area contributed by atoms with Crippen LogP contribution in [0.2, 0.25) is 5.02 Å². The van der Waals surface area contributed by atoms with Gasteiger partial charge in [0.05, 0.1) is 38.4 Å². The van der Waals surface area contributed by atoms with E-state index in [1.54, 1.807) is 5.38 Å². The molecule has 0 radical (unpaired) electrons. The maximum absolute atomic E-state index is 13.3. The number of halogens is 2. The molecule has 1 heterocycles. The second-order valence-electron chi connectivity index (χ2n) is 5.60. The predicted octanol–water partition coefficient (Wildman–Crippen LogP) is 4.51. The van der Waals surface area contributed by atoms with E-state index in [1.807, 2.05) is 13.0 Å². The molecule has 0 spiro atoms. The molecular weight excluding hydrogens is 409 g/mol. The van der Waals surface area contributed by atoms with E-state index >= 15 is 0 Å².